The average Bonchev–Trinajstić information content (AvgIpc) is 2.79. The van der Waals surface area contributed by atoms with Crippen molar-refractivity contribution >= 4 is 34.0 Å². The van der Waals surface area contributed by atoms with Crippen molar-refractivity contribution in [2.24, 2.45) is 0 Å². The van der Waals surface area contributed by atoms with Crippen LogP contribution in [0, 0.1) is 0 Å². The quantitative estimate of drug-likeness (QED) is 0.467. The van der Waals surface area contributed by atoms with Crippen LogP contribution in [0.5, 0.6) is 5.75 Å². The molecule has 0 amide bonds. The zero-order valence-electron chi connectivity index (χ0n) is 17.7. The van der Waals surface area contributed by atoms with Gasteiger partial charge in [0.2, 0.25) is 5.75 Å². The number of para-hydroxylation sites is 1. The molecule has 0 aliphatic carbocycles. The van der Waals surface area contributed by atoms with Gasteiger partial charge in [-0.05, 0) is 43.5 Å². The SMILES string of the molecule is CC1COc2c(ncnc2N[C@@H](C)c2cc3cccc(Cl)c3c(=O)n2-c2ccccc2)N1. The molecule has 5 rings (SSSR count). The fourth-order valence-corrected chi connectivity index (χ4v) is 4.24. The molecule has 32 heavy (non-hydrogen) atoms. The number of nitrogens with one attached hydrogen (secondary N) is 2. The number of rotatable bonds is 4. The van der Waals surface area contributed by atoms with Crippen LogP contribution in [0.1, 0.15) is 25.6 Å². The monoisotopic (exact) mass is 447 g/mol. The van der Waals surface area contributed by atoms with Crippen LogP contribution in [0.25, 0.3) is 16.5 Å². The Kier molecular flexibility index (Phi) is 5.19. The molecule has 0 fully saturated rings. The van der Waals surface area contributed by atoms with Crippen LogP contribution in [0.4, 0.5) is 11.6 Å². The van der Waals surface area contributed by atoms with Crippen LogP contribution < -0.4 is 20.9 Å². The number of benzene rings is 2. The van der Waals surface area contributed by atoms with Gasteiger partial charge in [0.1, 0.15) is 12.9 Å². The van der Waals surface area contributed by atoms with E-state index in [2.05, 4.69) is 20.6 Å². The number of fused-ring (bicyclic) bond motifs is 2. The third-order valence-corrected chi connectivity index (χ3v) is 5.82. The van der Waals surface area contributed by atoms with Crippen LogP contribution >= 0.6 is 11.6 Å². The zero-order valence-corrected chi connectivity index (χ0v) is 18.4. The summed E-state index contributed by atoms with van der Waals surface area (Å²) >= 11 is 6.41. The third kappa shape index (κ3) is 3.54. The second-order valence-corrected chi connectivity index (χ2v) is 8.28. The van der Waals surface area contributed by atoms with E-state index in [0.717, 1.165) is 16.8 Å². The predicted molar refractivity (Wildman–Crippen MR) is 127 cm³/mol. The van der Waals surface area contributed by atoms with Crippen LogP contribution in [0.3, 0.4) is 0 Å². The van der Waals surface area contributed by atoms with Gasteiger partial charge < -0.3 is 15.4 Å². The number of anilines is 2. The van der Waals surface area contributed by atoms with Gasteiger partial charge in [-0.3, -0.25) is 9.36 Å². The summed E-state index contributed by atoms with van der Waals surface area (Å²) in [7, 11) is 0. The maximum absolute atomic E-state index is 13.6. The number of hydrogen-bond acceptors (Lipinski definition) is 6. The normalized spacial score (nSPS) is 16.0. The molecule has 0 radical (unpaired) electrons. The van der Waals surface area contributed by atoms with Crippen LogP contribution in [-0.2, 0) is 0 Å². The van der Waals surface area contributed by atoms with Gasteiger partial charge in [0, 0.05) is 11.4 Å². The van der Waals surface area contributed by atoms with Crippen LogP contribution in [-0.4, -0.2) is 27.2 Å². The van der Waals surface area contributed by atoms with E-state index in [1.54, 1.807) is 10.6 Å². The van der Waals surface area contributed by atoms with Gasteiger partial charge in [-0.15, -0.1) is 0 Å². The first-order valence-electron chi connectivity index (χ1n) is 10.4. The molecule has 2 aromatic heterocycles. The van der Waals surface area contributed by atoms with E-state index in [1.165, 1.54) is 6.33 Å². The molecular weight excluding hydrogens is 426 g/mol. The Labute approximate surface area is 190 Å². The highest BCUT2D eigenvalue weighted by molar-refractivity contribution is 6.35. The minimum Gasteiger partial charge on any atom is -0.484 e. The molecule has 1 aliphatic heterocycles. The maximum atomic E-state index is 13.6. The molecule has 1 aliphatic rings. The van der Waals surface area contributed by atoms with Crippen molar-refractivity contribution in [1.29, 1.82) is 0 Å². The molecule has 4 aromatic rings. The number of ether oxygens (including phenoxy) is 1. The van der Waals surface area contributed by atoms with Crippen molar-refractivity contribution in [1.82, 2.24) is 14.5 Å². The van der Waals surface area contributed by atoms with Crippen molar-refractivity contribution in [3.63, 3.8) is 0 Å². The van der Waals surface area contributed by atoms with Crippen molar-refractivity contribution in [3.8, 4) is 11.4 Å². The molecule has 2 atom stereocenters. The Balaban J connectivity index is 1.64. The molecule has 2 aromatic carbocycles. The Morgan fingerprint density at radius 3 is 2.81 bits per heavy atom. The van der Waals surface area contributed by atoms with Crippen LogP contribution in [0.2, 0.25) is 5.02 Å². The molecule has 0 saturated heterocycles. The van der Waals surface area contributed by atoms with E-state index in [0.29, 0.717) is 34.4 Å². The van der Waals surface area contributed by atoms with E-state index in [-0.39, 0.29) is 17.6 Å². The summed E-state index contributed by atoms with van der Waals surface area (Å²) in [5.74, 6) is 1.80. The Morgan fingerprint density at radius 2 is 2.00 bits per heavy atom. The summed E-state index contributed by atoms with van der Waals surface area (Å²) in [5, 5.41) is 8.43. The highest BCUT2D eigenvalue weighted by Crippen LogP contribution is 2.35. The first kappa shape index (κ1) is 20.3. The second-order valence-electron chi connectivity index (χ2n) is 7.87. The van der Waals surface area contributed by atoms with Crippen LogP contribution in [0.15, 0.2) is 65.7 Å². The summed E-state index contributed by atoms with van der Waals surface area (Å²) in [6.45, 7) is 4.53. The molecule has 0 bridgehead atoms. The molecule has 2 N–H and O–H groups in total. The van der Waals surface area contributed by atoms with Gasteiger partial charge in [-0.2, -0.15) is 0 Å². The predicted octanol–water partition coefficient (Wildman–Crippen LogP) is 4.80. The van der Waals surface area contributed by atoms with E-state index in [9.17, 15) is 4.79 Å². The molecule has 1 unspecified atom stereocenters. The zero-order chi connectivity index (χ0) is 22.2. The molecule has 8 heteroatoms. The lowest BCUT2D eigenvalue weighted by atomic mass is 10.1. The molecular formula is C24H22ClN5O2. The fourth-order valence-electron chi connectivity index (χ4n) is 3.98. The van der Waals surface area contributed by atoms with E-state index in [1.807, 2.05) is 62.4 Å². The Bertz CT molecular complexity index is 1360. The highest BCUT2D eigenvalue weighted by atomic mass is 35.5. The molecule has 162 valence electrons. The second kappa shape index (κ2) is 8.16. The molecule has 7 nitrogen and oxygen atoms in total. The number of halogens is 1. The lowest BCUT2D eigenvalue weighted by Gasteiger charge is -2.27. The lowest BCUT2D eigenvalue weighted by Crippen LogP contribution is -2.30. The van der Waals surface area contributed by atoms with Gasteiger partial charge >= 0.3 is 0 Å². The van der Waals surface area contributed by atoms with Crippen molar-refractivity contribution in [3.05, 3.63) is 82.0 Å². The number of hydrogen-bond donors (Lipinski definition) is 2. The summed E-state index contributed by atoms with van der Waals surface area (Å²) in [4.78, 5) is 22.3. The number of aromatic nitrogens is 3. The Hall–Kier alpha value is -3.58. The standard InChI is InChI=1S/C24H22ClN5O2/c1-14-12-32-21-22(28-14)26-13-27-23(21)29-15(2)19-11-16-7-6-10-18(25)20(16)24(31)30(19)17-8-4-3-5-9-17/h3-11,13-15H,12H2,1-2H3,(H2,26,27,28,29)/t14?,15-/m0/s1. The first-order chi connectivity index (χ1) is 15.5. The highest BCUT2D eigenvalue weighted by Gasteiger charge is 2.23. The smallest absolute Gasteiger partial charge is 0.264 e. The largest absolute Gasteiger partial charge is 0.484 e. The van der Waals surface area contributed by atoms with E-state index >= 15 is 0 Å². The van der Waals surface area contributed by atoms with Crippen molar-refractivity contribution < 1.29 is 4.74 Å². The first-order valence-corrected chi connectivity index (χ1v) is 10.8. The molecule has 0 saturated carbocycles. The fraction of sp³-hybridized carbons (Fsp3) is 0.208. The number of nitrogens with zero attached hydrogens (tertiary/aromatic N) is 3. The van der Waals surface area contributed by atoms with Gasteiger partial charge in [0.15, 0.2) is 11.6 Å². The van der Waals surface area contributed by atoms with Crippen molar-refractivity contribution in [2.75, 3.05) is 17.2 Å². The topological polar surface area (TPSA) is 81.1 Å². The van der Waals surface area contributed by atoms with E-state index < -0.39 is 0 Å². The molecule has 3 heterocycles. The van der Waals surface area contributed by atoms with Gasteiger partial charge in [-0.1, -0.05) is 41.9 Å². The maximum Gasteiger partial charge on any atom is 0.264 e. The van der Waals surface area contributed by atoms with Gasteiger partial charge in [0.25, 0.3) is 5.56 Å². The van der Waals surface area contributed by atoms with Crippen molar-refractivity contribution in [2.45, 2.75) is 25.9 Å². The Morgan fingerprint density at radius 1 is 1.19 bits per heavy atom. The third-order valence-electron chi connectivity index (χ3n) is 5.50. The molecule has 0 spiro atoms. The number of pyridine rings is 1. The summed E-state index contributed by atoms with van der Waals surface area (Å²) in [6, 6.07) is 16.9. The summed E-state index contributed by atoms with van der Waals surface area (Å²) in [6.07, 6.45) is 1.49. The minimum absolute atomic E-state index is 0.163. The summed E-state index contributed by atoms with van der Waals surface area (Å²) < 4.78 is 7.59. The van der Waals surface area contributed by atoms with Gasteiger partial charge in [0.05, 0.1) is 22.5 Å². The lowest BCUT2D eigenvalue weighted by molar-refractivity contribution is 0.290. The summed E-state index contributed by atoms with van der Waals surface area (Å²) in [5.41, 5.74) is 1.37. The van der Waals surface area contributed by atoms with E-state index in [4.69, 9.17) is 16.3 Å². The average molecular weight is 448 g/mol. The minimum atomic E-state index is -0.270. The van der Waals surface area contributed by atoms with Gasteiger partial charge in [-0.25, -0.2) is 9.97 Å².